The molecule has 33 heavy (non-hydrogen) atoms. The van der Waals surface area contributed by atoms with Gasteiger partial charge in [-0.3, -0.25) is 14.5 Å². The first-order chi connectivity index (χ1) is 16.1. The van der Waals surface area contributed by atoms with Crippen LogP contribution in [0.15, 0.2) is 54.6 Å². The van der Waals surface area contributed by atoms with Crippen LogP contribution in [-0.4, -0.2) is 74.7 Å². The highest BCUT2D eigenvalue weighted by atomic mass is 16.5. The summed E-state index contributed by atoms with van der Waals surface area (Å²) in [5.41, 5.74) is 1.50. The largest absolute Gasteiger partial charge is 0.497 e. The summed E-state index contributed by atoms with van der Waals surface area (Å²) in [5.74, 6) is 0.792. The molecule has 4 rings (SSSR count). The SMILES string of the molecule is CNC(=O)C1CN(C(=O)C2(c3ccc(OC)cc3)CCOCC2)CCN1Cc1ccccc1. The molecule has 0 spiro atoms. The van der Waals surface area contributed by atoms with Crippen molar-refractivity contribution in [1.29, 1.82) is 0 Å². The van der Waals surface area contributed by atoms with Gasteiger partial charge in [-0.25, -0.2) is 0 Å². The van der Waals surface area contributed by atoms with Crippen LogP contribution in [-0.2, 0) is 26.3 Å². The molecule has 0 aliphatic carbocycles. The first-order valence-electron chi connectivity index (χ1n) is 11.6. The molecule has 0 radical (unpaired) electrons. The van der Waals surface area contributed by atoms with Gasteiger partial charge in [0.25, 0.3) is 0 Å². The van der Waals surface area contributed by atoms with E-state index in [9.17, 15) is 9.59 Å². The Morgan fingerprint density at radius 3 is 2.39 bits per heavy atom. The zero-order valence-corrected chi connectivity index (χ0v) is 19.5. The Hall–Kier alpha value is -2.90. The molecule has 2 aliphatic rings. The van der Waals surface area contributed by atoms with Gasteiger partial charge in [0.2, 0.25) is 11.8 Å². The van der Waals surface area contributed by atoms with Gasteiger partial charge < -0.3 is 19.7 Å². The van der Waals surface area contributed by atoms with Crippen LogP contribution in [0.2, 0.25) is 0 Å². The molecule has 2 aromatic rings. The van der Waals surface area contributed by atoms with Crippen LogP contribution < -0.4 is 10.1 Å². The Morgan fingerprint density at radius 1 is 1.06 bits per heavy atom. The van der Waals surface area contributed by atoms with Gasteiger partial charge >= 0.3 is 0 Å². The minimum absolute atomic E-state index is 0.0612. The molecule has 0 saturated carbocycles. The molecular formula is C26H33N3O4. The third-order valence-electron chi connectivity index (χ3n) is 6.95. The number of piperazine rings is 1. The first kappa shape index (κ1) is 23.3. The summed E-state index contributed by atoms with van der Waals surface area (Å²) < 4.78 is 10.9. The van der Waals surface area contributed by atoms with Crippen LogP contribution in [0.3, 0.4) is 0 Å². The lowest BCUT2D eigenvalue weighted by Gasteiger charge is -2.45. The normalized spacial score (nSPS) is 20.8. The second-order valence-corrected chi connectivity index (χ2v) is 8.76. The van der Waals surface area contributed by atoms with Gasteiger partial charge in [-0.15, -0.1) is 0 Å². The summed E-state index contributed by atoms with van der Waals surface area (Å²) in [5, 5.41) is 2.79. The van der Waals surface area contributed by atoms with Crippen LogP contribution in [0, 0.1) is 0 Å². The van der Waals surface area contributed by atoms with Crippen molar-refractivity contribution in [3.05, 3.63) is 65.7 Å². The molecule has 2 amide bonds. The second-order valence-electron chi connectivity index (χ2n) is 8.76. The van der Waals surface area contributed by atoms with Gasteiger partial charge in [-0.1, -0.05) is 42.5 Å². The Kier molecular flexibility index (Phi) is 7.30. The molecule has 0 aromatic heterocycles. The standard InChI is InChI=1S/C26H33N3O4/c1-27-24(30)23-19-29(15-14-28(23)18-20-6-4-3-5-7-20)25(31)26(12-16-33-17-13-26)21-8-10-22(32-2)11-9-21/h3-11,23H,12-19H2,1-2H3,(H,27,30). The molecule has 2 aliphatic heterocycles. The third kappa shape index (κ3) is 4.89. The molecule has 1 N–H and O–H groups in total. The van der Waals surface area contributed by atoms with Crippen molar-refractivity contribution in [2.45, 2.75) is 30.8 Å². The predicted octanol–water partition coefficient (Wildman–Crippen LogP) is 2.20. The number of methoxy groups -OCH3 is 1. The maximum atomic E-state index is 14.0. The quantitative estimate of drug-likeness (QED) is 0.729. The fraction of sp³-hybridized carbons (Fsp3) is 0.462. The number of ether oxygens (including phenoxy) is 2. The predicted molar refractivity (Wildman–Crippen MR) is 126 cm³/mol. The number of rotatable bonds is 6. The van der Waals surface area contributed by atoms with Gasteiger partial charge in [0.05, 0.1) is 12.5 Å². The minimum Gasteiger partial charge on any atom is -0.497 e. The number of likely N-dealkylation sites (N-methyl/N-ethyl adjacent to an activating group) is 1. The van der Waals surface area contributed by atoms with E-state index in [2.05, 4.69) is 22.3 Å². The van der Waals surface area contributed by atoms with Crippen LogP contribution in [0.4, 0.5) is 0 Å². The maximum Gasteiger partial charge on any atom is 0.238 e. The highest BCUT2D eigenvalue weighted by Gasteiger charge is 2.46. The van der Waals surface area contributed by atoms with Crippen LogP contribution in [0.25, 0.3) is 0 Å². The van der Waals surface area contributed by atoms with E-state index in [-0.39, 0.29) is 17.9 Å². The molecule has 2 heterocycles. The second kappa shape index (κ2) is 10.4. The molecule has 2 saturated heterocycles. The zero-order valence-electron chi connectivity index (χ0n) is 19.5. The van der Waals surface area contributed by atoms with Crippen LogP contribution in [0.1, 0.15) is 24.0 Å². The highest BCUT2D eigenvalue weighted by molar-refractivity contribution is 5.90. The Balaban J connectivity index is 1.57. The van der Waals surface area contributed by atoms with Crippen molar-refractivity contribution in [3.8, 4) is 5.75 Å². The van der Waals surface area contributed by atoms with Crippen molar-refractivity contribution >= 4 is 11.8 Å². The van der Waals surface area contributed by atoms with E-state index in [4.69, 9.17) is 9.47 Å². The van der Waals surface area contributed by atoms with E-state index in [1.807, 2.05) is 47.4 Å². The minimum atomic E-state index is -0.640. The summed E-state index contributed by atoms with van der Waals surface area (Å²) in [6.07, 6.45) is 1.26. The van der Waals surface area contributed by atoms with Gasteiger partial charge in [-0.05, 0) is 36.1 Å². The smallest absolute Gasteiger partial charge is 0.238 e. The van der Waals surface area contributed by atoms with Crippen molar-refractivity contribution in [2.24, 2.45) is 0 Å². The van der Waals surface area contributed by atoms with E-state index in [0.29, 0.717) is 52.2 Å². The number of nitrogens with zero attached hydrogens (tertiary/aromatic N) is 2. The summed E-state index contributed by atoms with van der Waals surface area (Å²) >= 11 is 0. The Morgan fingerprint density at radius 2 is 1.76 bits per heavy atom. The maximum absolute atomic E-state index is 14.0. The van der Waals surface area contributed by atoms with Crippen LogP contribution in [0.5, 0.6) is 5.75 Å². The van der Waals surface area contributed by atoms with Gasteiger partial charge in [0.15, 0.2) is 0 Å². The molecule has 176 valence electrons. The fourth-order valence-electron chi connectivity index (χ4n) is 4.99. The van der Waals surface area contributed by atoms with Gasteiger partial charge in [0, 0.05) is 46.4 Å². The third-order valence-corrected chi connectivity index (χ3v) is 6.95. The number of carbonyl (C=O) groups is 2. The number of benzene rings is 2. The van der Waals surface area contributed by atoms with E-state index in [0.717, 1.165) is 16.9 Å². The Labute approximate surface area is 195 Å². The molecule has 0 bridgehead atoms. The molecular weight excluding hydrogens is 418 g/mol. The number of amides is 2. The molecule has 7 nitrogen and oxygen atoms in total. The van der Waals surface area contributed by atoms with Gasteiger partial charge in [-0.2, -0.15) is 0 Å². The van der Waals surface area contributed by atoms with Crippen molar-refractivity contribution in [2.75, 3.05) is 47.0 Å². The average Bonchev–Trinajstić information content (AvgIpc) is 2.89. The summed E-state index contributed by atoms with van der Waals surface area (Å²) in [7, 11) is 3.29. The van der Waals surface area contributed by atoms with E-state index in [1.165, 1.54) is 0 Å². The summed E-state index contributed by atoms with van der Waals surface area (Å²) in [6.45, 7) is 3.39. The van der Waals surface area contributed by atoms with E-state index < -0.39 is 5.41 Å². The molecule has 2 aromatic carbocycles. The van der Waals surface area contributed by atoms with Crippen molar-refractivity contribution < 1.29 is 19.1 Å². The Bertz CT molecular complexity index is 942. The number of carbonyl (C=O) groups excluding carboxylic acids is 2. The van der Waals surface area contributed by atoms with Crippen LogP contribution >= 0.6 is 0 Å². The van der Waals surface area contributed by atoms with E-state index >= 15 is 0 Å². The van der Waals surface area contributed by atoms with E-state index in [1.54, 1.807) is 14.2 Å². The zero-order chi connectivity index (χ0) is 23.3. The van der Waals surface area contributed by atoms with Crippen molar-refractivity contribution in [1.82, 2.24) is 15.1 Å². The lowest BCUT2D eigenvalue weighted by atomic mass is 9.72. The topological polar surface area (TPSA) is 71.1 Å². The van der Waals surface area contributed by atoms with Gasteiger partial charge in [0.1, 0.15) is 11.8 Å². The molecule has 1 unspecified atom stereocenters. The molecule has 1 atom stereocenters. The number of hydrogen-bond donors (Lipinski definition) is 1. The fourth-order valence-corrected chi connectivity index (χ4v) is 4.99. The van der Waals surface area contributed by atoms with Crippen molar-refractivity contribution in [3.63, 3.8) is 0 Å². The lowest BCUT2D eigenvalue weighted by molar-refractivity contribution is -0.146. The molecule has 7 heteroatoms. The monoisotopic (exact) mass is 451 g/mol. The highest BCUT2D eigenvalue weighted by Crippen LogP contribution is 2.38. The average molecular weight is 452 g/mol. The first-order valence-corrected chi connectivity index (χ1v) is 11.6. The molecule has 2 fully saturated rings. The summed E-state index contributed by atoms with van der Waals surface area (Å²) in [6, 6.07) is 17.5. The number of nitrogens with one attached hydrogen (secondary N) is 1. The lowest BCUT2D eigenvalue weighted by Crippen LogP contribution is -2.62. The summed E-state index contributed by atoms with van der Waals surface area (Å²) in [4.78, 5) is 30.9. The number of hydrogen-bond acceptors (Lipinski definition) is 5.